The Bertz CT molecular complexity index is 45.8. The van der Waals surface area contributed by atoms with E-state index in [-0.39, 0.29) is 6.10 Å². The smallest absolute Gasteiger partial charge is 0.0524 e. The third-order valence-corrected chi connectivity index (χ3v) is 0.911. The van der Waals surface area contributed by atoms with E-state index in [4.69, 9.17) is 5.11 Å². The Labute approximate surface area is 50.9 Å². The van der Waals surface area contributed by atoms with Gasteiger partial charge >= 0.3 is 0 Å². The van der Waals surface area contributed by atoms with Crippen molar-refractivity contribution in [3.63, 3.8) is 0 Å². The van der Waals surface area contributed by atoms with Crippen LogP contribution < -0.4 is 5.32 Å². The molecule has 0 fully saturated rings. The molecule has 1 atom stereocenters. The lowest BCUT2D eigenvalue weighted by Crippen LogP contribution is -2.14. The van der Waals surface area contributed by atoms with Gasteiger partial charge in [-0.15, -0.1) is 0 Å². The van der Waals surface area contributed by atoms with E-state index in [2.05, 4.69) is 5.32 Å². The van der Waals surface area contributed by atoms with Crippen molar-refractivity contribution in [2.45, 2.75) is 26.4 Å². The molecule has 0 aliphatic rings. The van der Waals surface area contributed by atoms with E-state index in [0.717, 1.165) is 13.0 Å². The Morgan fingerprint density at radius 3 is 2.75 bits per heavy atom. The second-order valence-corrected chi connectivity index (χ2v) is 1.88. The molecule has 1 unspecified atom stereocenters. The third kappa shape index (κ3) is 5.92. The minimum absolute atomic E-state index is 0.178. The molecule has 0 aromatic rings. The number of aliphatic hydroxyl groups excluding tert-OH is 1. The lowest BCUT2D eigenvalue weighted by atomic mass is 10.3. The quantitative estimate of drug-likeness (QED) is 0.525. The van der Waals surface area contributed by atoms with E-state index in [1.165, 1.54) is 0 Å². The predicted octanol–water partition coefficient (Wildman–Crippen LogP) is 0.529. The standard InChI is InChI=1S/C6H14NO/c1-3-7-5-4-6(2)8/h3,6-8H,4-5H2,1-2H3. The van der Waals surface area contributed by atoms with Gasteiger partial charge in [0.15, 0.2) is 0 Å². The zero-order chi connectivity index (χ0) is 6.41. The minimum Gasteiger partial charge on any atom is -0.393 e. The zero-order valence-electron chi connectivity index (χ0n) is 5.52. The molecule has 0 saturated heterocycles. The van der Waals surface area contributed by atoms with Gasteiger partial charge in [0.05, 0.1) is 6.10 Å². The van der Waals surface area contributed by atoms with Gasteiger partial charge in [0, 0.05) is 6.54 Å². The fourth-order valence-corrected chi connectivity index (χ4v) is 0.437. The molecule has 0 amide bonds. The summed E-state index contributed by atoms with van der Waals surface area (Å²) in [5.41, 5.74) is 0. The first kappa shape index (κ1) is 7.92. The molecule has 2 N–H and O–H groups in total. The van der Waals surface area contributed by atoms with Crippen molar-refractivity contribution in [1.29, 1.82) is 0 Å². The van der Waals surface area contributed by atoms with Crippen LogP contribution in [0.15, 0.2) is 0 Å². The van der Waals surface area contributed by atoms with Crippen LogP contribution in [0.25, 0.3) is 0 Å². The van der Waals surface area contributed by atoms with Crippen LogP contribution in [0.5, 0.6) is 0 Å². The lowest BCUT2D eigenvalue weighted by Gasteiger charge is -2.01. The van der Waals surface area contributed by atoms with Crippen molar-refractivity contribution in [2.75, 3.05) is 6.54 Å². The summed E-state index contributed by atoms with van der Waals surface area (Å²) in [5, 5.41) is 11.7. The molecule has 2 nitrogen and oxygen atoms in total. The van der Waals surface area contributed by atoms with Gasteiger partial charge in [0.25, 0.3) is 0 Å². The Hall–Kier alpha value is -0.0800. The largest absolute Gasteiger partial charge is 0.393 e. The Morgan fingerprint density at radius 2 is 2.38 bits per heavy atom. The van der Waals surface area contributed by atoms with Crippen LogP contribution >= 0.6 is 0 Å². The number of nitrogens with one attached hydrogen (secondary N) is 1. The first-order chi connectivity index (χ1) is 3.77. The number of hydrogen-bond acceptors (Lipinski definition) is 2. The molecule has 0 aliphatic carbocycles. The molecule has 8 heavy (non-hydrogen) atoms. The van der Waals surface area contributed by atoms with E-state index in [0.29, 0.717) is 0 Å². The lowest BCUT2D eigenvalue weighted by molar-refractivity contribution is 0.185. The normalized spacial score (nSPS) is 13.9. The van der Waals surface area contributed by atoms with Gasteiger partial charge in [-0.2, -0.15) is 0 Å². The summed E-state index contributed by atoms with van der Waals surface area (Å²) in [4.78, 5) is 0. The van der Waals surface area contributed by atoms with E-state index < -0.39 is 0 Å². The summed E-state index contributed by atoms with van der Waals surface area (Å²) >= 11 is 0. The molecule has 0 aromatic heterocycles. The van der Waals surface area contributed by atoms with Crippen LogP contribution in [0.3, 0.4) is 0 Å². The fourth-order valence-electron chi connectivity index (χ4n) is 0.437. The van der Waals surface area contributed by atoms with Gasteiger partial charge in [0.2, 0.25) is 0 Å². The second-order valence-electron chi connectivity index (χ2n) is 1.88. The zero-order valence-corrected chi connectivity index (χ0v) is 5.52. The van der Waals surface area contributed by atoms with Crippen LogP contribution in [0.2, 0.25) is 0 Å². The van der Waals surface area contributed by atoms with Crippen LogP contribution in [0.1, 0.15) is 20.3 Å². The van der Waals surface area contributed by atoms with E-state index in [9.17, 15) is 0 Å². The molecule has 0 bridgehead atoms. The maximum absolute atomic E-state index is 8.73. The highest BCUT2D eigenvalue weighted by atomic mass is 16.3. The maximum atomic E-state index is 8.73. The number of hydrogen-bond donors (Lipinski definition) is 2. The van der Waals surface area contributed by atoms with Crippen LogP contribution in [-0.4, -0.2) is 17.8 Å². The Balaban J connectivity index is 2.72. The number of rotatable bonds is 4. The summed E-state index contributed by atoms with van der Waals surface area (Å²) in [7, 11) is 0. The van der Waals surface area contributed by atoms with Crippen LogP contribution in [-0.2, 0) is 0 Å². The topological polar surface area (TPSA) is 32.3 Å². The van der Waals surface area contributed by atoms with Gasteiger partial charge in [0.1, 0.15) is 0 Å². The molecule has 0 aromatic carbocycles. The van der Waals surface area contributed by atoms with Gasteiger partial charge in [-0.1, -0.05) is 0 Å². The van der Waals surface area contributed by atoms with Gasteiger partial charge in [-0.3, -0.25) is 0 Å². The van der Waals surface area contributed by atoms with Crippen molar-refractivity contribution in [1.82, 2.24) is 5.32 Å². The van der Waals surface area contributed by atoms with Gasteiger partial charge < -0.3 is 10.4 Å². The molecule has 0 rings (SSSR count). The molecule has 1 radical (unpaired) electrons. The summed E-state index contributed by atoms with van der Waals surface area (Å²) in [5.74, 6) is 0. The van der Waals surface area contributed by atoms with E-state index in [1.807, 2.05) is 13.5 Å². The fraction of sp³-hybridized carbons (Fsp3) is 0.833. The molecular weight excluding hydrogens is 102 g/mol. The molecule has 2 heteroatoms. The first-order valence-corrected chi connectivity index (χ1v) is 2.96. The highest BCUT2D eigenvalue weighted by Crippen LogP contribution is 1.85. The Kier molecular flexibility index (Phi) is 5.01. The summed E-state index contributed by atoms with van der Waals surface area (Å²) in [6.45, 7) is 6.47. The van der Waals surface area contributed by atoms with Crippen molar-refractivity contribution in [2.24, 2.45) is 0 Å². The maximum Gasteiger partial charge on any atom is 0.0524 e. The predicted molar refractivity (Wildman–Crippen MR) is 34.3 cm³/mol. The van der Waals surface area contributed by atoms with Crippen LogP contribution in [0, 0.1) is 6.54 Å². The Morgan fingerprint density at radius 1 is 1.75 bits per heavy atom. The first-order valence-electron chi connectivity index (χ1n) is 2.96. The van der Waals surface area contributed by atoms with Gasteiger partial charge in [-0.05, 0) is 26.8 Å². The molecule has 0 spiro atoms. The van der Waals surface area contributed by atoms with E-state index in [1.54, 1.807) is 6.92 Å². The average molecular weight is 116 g/mol. The van der Waals surface area contributed by atoms with Crippen molar-refractivity contribution in [3.05, 3.63) is 6.54 Å². The van der Waals surface area contributed by atoms with Crippen LogP contribution in [0.4, 0.5) is 0 Å². The van der Waals surface area contributed by atoms with E-state index >= 15 is 0 Å². The average Bonchev–Trinajstić information content (AvgIpc) is 1.66. The highest BCUT2D eigenvalue weighted by molar-refractivity contribution is 4.55. The second kappa shape index (κ2) is 5.06. The summed E-state index contributed by atoms with van der Waals surface area (Å²) < 4.78 is 0. The van der Waals surface area contributed by atoms with Crippen molar-refractivity contribution in [3.8, 4) is 0 Å². The minimum atomic E-state index is -0.178. The SMILES string of the molecule is C[CH]NCCC(C)O. The summed E-state index contributed by atoms with van der Waals surface area (Å²) in [6, 6.07) is 0. The molecule has 0 heterocycles. The monoisotopic (exact) mass is 116 g/mol. The molecule has 0 saturated carbocycles. The highest BCUT2D eigenvalue weighted by Gasteiger charge is 1.91. The number of aliphatic hydroxyl groups is 1. The molecule has 49 valence electrons. The molecule has 0 aliphatic heterocycles. The van der Waals surface area contributed by atoms with Gasteiger partial charge in [-0.25, -0.2) is 0 Å². The summed E-state index contributed by atoms with van der Waals surface area (Å²) in [6.07, 6.45) is 0.645. The third-order valence-electron chi connectivity index (χ3n) is 0.911. The van der Waals surface area contributed by atoms with Crippen molar-refractivity contribution < 1.29 is 5.11 Å². The molecular formula is C6H14NO. The van der Waals surface area contributed by atoms with Crippen molar-refractivity contribution >= 4 is 0 Å².